The molecule has 10 heteroatoms. The Morgan fingerprint density at radius 1 is 1.35 bits per heavy atom. The number of hydrogen-bond donors (Lipinski definition) is 3. The molecule has 2 aromatic heterocycles. The first kappa shape index (κ1) is 23.1. The van der Waals surface area contributed by atoms with E-state index in [9.17, 15) is 14.7 Å². The van der Waals surface area contributed by atoms with E-state index in [1.807, 2.05) is 32.9 Å². The number of amides is 1. The van der Waals surface area contributed by atoms with Crippen molar-refractivity contribution in [2.75, 3.05) is 18.9 Å². The lowest BCUT2D eigenvalue weighted by atomic mass is 9.96. The summed E-state index contributed by atoms with van der Waals surface area (Å²) in [5.41, 5.74) is 5.98. The molecule has 1 saturated heterocycles. The molecule has 3 heterocycles. The van der Waals surface area contributed by atoms with Gasteiger partial charge in [-0.2, -0.15) is 4.52 Å². The van der Waals surface area contributed by atoms with Crippen molar-refractivity contribution in [1.29, 1.82) is 0 Å². The monoisotopic (exact) mass is 451 g/mol. The molecule has 0 bridgehead atoms. The van der Waals surface area contributed by atoms with Gasteiger partial charge in [0.1, 0.15) is 0 Å². The normalized spacial score (nSPS) is 19.1. The Hall–Kier alpha value is -2.52. The molecule has 31 heavy (non-hydrogen) atoms. The van der Waals surface area contributed by atoms with E-state index in [0.717, 1.165) is 19.3 Å². The molecule has 1 amide bonds. The fourth-order valence-electron chi connectivity index (χ4n) is 3.68. The van der Waals surface area contributed by atoms with Crippen LogP contribution >= 0.6 is 12.4 Å². The van der Waals surface area contributed by atoms with Gasteiger partial charge < -0.3 is 20.9 Å². The van der Waals surface area contributed by atoms with Gasteiger partial charge in [0.25, 0.3) is 11.5 Å². The molecule has 0 spiro atoms. The van der Waals surface area contributed by atoms with E-state index in [1.54, 1.807) is 0 Å². The molecule has 9 nitrogen and oxygen atoms in total. The van der Waals surface area contributed by atoms with Crippen molar-refractivity contribution in [1.82, 2.24) is 19.5 Å². The van der Waals surface area contributed by atoms with Gasteiger partial charge in [0.05, 0.1) is 12.2 Å². The summed E-state index contributed by atoms with van der Waals surface area (Å²) >= 11 is 0. The average Bonchev–Trinajstić information content (AvgIpc) is 3.18. The standard InChI is InChI=1S/C21H29N5O4.ClH/c1-21(2,3)11-25-18-14(7-4-12-8-9-30-10-12)16(22)24-26(18)20(29)15(19(25)28)17(27)23-13-5-6-13;/h4,7,12-13,29H,5-6,8-11H2,1-3H3,(H2,22,24)(H,23,27);1H. The molecule has 1 aliphatic heterocycles. The van der Waals surface area contributed by atoms with Crippen molar-refractivity contribution < 1.29 is 14.6 Å². The molecule has 170 valence electrons. The average molecular weight is 452 g/mol. The van der Waals surface area contributed by atoms with Crippen LogP contribution in [0.2, 0.25) is 0 Å². The van der Waals surface area contributed by atoms with Crippen LogP contribution in [0.3, 0.4) is 0 Å². The number of aromatic nitrogens is 3. The van der Waals surface area contributed by atoms with E-state index in [0.29, 0.717) is 31.0 Å². The maximum absolute atomic E-state index is 13.4. The number of fused-ring (bicyclic) bond motifs is 1. The molecule has 1 unspecified atom stereocenters. The highest BCUT2D eigenvalue weighted by molar-refractivity contribution is 5.97. The summed E-state index contributed by atoms with van der Waals surface area (Å²) in [6.07, 6.45) is 6.50. The molecular formula is C21H30ClN5O4. The Morgan fingerprint density at radius 2 is 2.06 bits per heavy atom. The van der Waals surface area contributed by atoms with Gasteiger partial charge in [-0.1, -0.05) is 32.9 Å². The molecule has 0 radical (unpaired) electrons. The second kappa shape index (κ2) is 8.55. The number of carbonyl (C=O) groups excluding carboxylic acids is 1. The van der Waals surface area contributed by atoms with Crippen molar-refractivity contribution in [3.05, 3.63) is 27.6 Å². The predicted octanol–water partition coefficient (Wildman–Crippen LogP) is 2.19. The second-order valence-electron chi connectivity index (χ2n) is 9.42. The van der Waals surface area contributed by atoms with E-state index in [4.69, 9.17) is 10.5 Å². The highest BCUT2D eigenvalue weighted by Crippen LogP contribution is 2.28. The lowest BCUT2D eigenvalue weighted by Crippen LogP contribution is -2.37. The van der Waals surface area contributed by atoms with Crippen molar-refractivity contribution in [2.24, 2.45) is 11.3 Å². The number of halogens is 1. The van der Waals surface area contributed by atoms with E-state index in [1.165, 1.54) is 9.08 Å². The Morgan fingerprint density at radius 3 is 2.65 bits per heavy atom. The van der Waals surface area contributed by atoms with Crippen molar-refractivity contribution in [2.45, 2.75) is 52.6 Å². The number of hydrogen-bond acceptors (Lipinski definition) is 6. The molecule has 2 fully saturated rings. The number of nitrogens with zero attached hydrogens (tertiary/aromatic N) is 3. The van der Waals surface area contributed by atoms with Crippen LogP contribution in [0.4, 0.5) is 5.82 Å². The summed E-state index contributed by atoms with van der Waals surface area (Å²) in [7, 11) is 0. The number of aromatic hydroxyl groups is 1. The smallest absolute Gasteiger partial charge is 0.270 e. The number of anilines is 1. The summed E-state index contributed by atoms with van der Waals surface area (Å²) < 4.78 is 8.11. The third kappa shape index (κ3) is 4.72. The van der Waals surface area contributed by atoms with Crippen molar-refractivity contribution in [3.8, 4) is 5.88 Å². The number of nitrogens with two attached hydrogens (primary N) is 1. The summed E-state index contributed by atoms with van der Waals surface area (Å²) in [4.78, 5) is 26.1. The second-order valence-corrected chi connectivity index (χ2v) is 9.42. The number of rotatable bonds is 5. The summed E-state index contributed by atoms with van der Waals surface area (Å²) in [5.74, 6) is -0.630. The Kier molecular flexibility index (Phi) is 6.38. The third-order valence-corrected chi connectivity index (χ3v) is 5.34. The first-order valence-corrected chi connectivity index (χ1v) is 10.4. The van der Waals surface area contributed by atoms with Gasteiger partial charge in [0, 0.05) is 25.1 Å². The van der Waals surface area contributed by atoms with Crippen LogP contribution in [0.15, 0.2) is 10.9 Å². The topological polar surface area (TPSA) is 124 Å². The summed E-state index contributed by atoms with van der Waals surface area (Å²) in [6.45, 7) is 7.68. The molecule has 4 N–H and O–H groups in total. The van der Waals surface area contributed by atoms with Crippen LogP contribution in [-0.4, -0.2) is 44.5 Å². The van der Waals surface area contributed by atoms with Gasteiger partial charge in [-0.3, -0.25) is 14.2 Å². The van der Waals surface area contributed by atoms with E-state index in [-0.39, 0.29) is 41.2 Å². The maximum atomic E-state index is 13.4. The highest BCUT2D eigenvalue weighted by Gasteiger charge is 2.31. The zero-order valence-electron chi connectivity index (χ0n) is 18.1. The SMILES string of the molecule is CC(C)(C)Cn1c(=O)c(C(=O)NC2CC2)c(O)n2nc(N)c(C=CC3CCOC3)c12.Cl. The first-order valence-electron chi connectivity index (χ1n) is 10.4. The maximum Gasteiger partial charge on any atom is 0.270 e. The summed E-state index contributed by atoms with van der Waals surface area (Å²) in [5, 5.41) is 17.8. The predicted molar refractivity (Wildman–Crippen MR) is 121 cm³/mol. The molecule has 2 aliphatic rings. The van der Waals surface area contributed by atoms with Gasteiger partial charge in [-0.15, -0.1) is 17.5 Å². The minimum absolute atomic E-state index is 0. The van der Waals surface area contributed by atoms with Crippen molar-refractivity contribution >= 4 is 35.9 Å². The highest BCUT2D eigenvalue weighted by atomic mass is 35.5. The summed E-state index contributed by atoms with van der Waals surface area (Å²) in [6, 6.07) is 0.0536. The van der Waals surface area contributed by atoms with Crippen LogP contribution in [-0.2, 0) is 11.3 Å². The molecule has 0 aromatic carbocycles. The van der Waals surface area contributed by atoms with Gasteiger partial charge in [-0.25, -0.2) is 0 Å². The van der Waals surface area contributed by atoms with Gasteiger partial charge in [0.15, 0.2) is 17.0 Å². The molecule has 4 rings (SSSR count). The van der Waals surface area contributed by atoms with Gasteiger partial charge in [-0.05, 0) is 24.7 Å². The number of carbonyl (C=O) groups is 1. The first-order chi connectivity index (χ1) is 14.2. The van der Waals surface area contributed by atoms with E-state index >= 15 is 0 Å². The third-order valence-electron chi connectivity index (χ3n) is 5.34. The fraction of sp³-hybridized carbons (Fsp3) is 0.571. The van der Waals surface area contributed by atoms with Gasteiger partial charge in [0.2, 0.25) is 5.88 Å². The molecular weight excluding hydrogens is 422 g/mol. The number of nitrogens with one attached hydrogen (secondary N) is 1. The van der Waals surface area contributed by atoms with Crippen molar-refractivity contribution in [3.63, 3.8) is 0 Å². The molecule has 2 aromatic rings. The van der Waals surface area contributed by atoms with Crippen LogP contribution < -0.4 is 16.6 Å². The number of nitrogen functional groups attached to an aromatic ring is 1. The largest absolute Gasteiger partial charge is 0.492 e. The Bertz CT molecular complexity index is 1070. The van der Waals surface area contributed by atoms with E-state index in [2.05, 4.69) is 10.4 Å². The fourth-order valence-corrected chi connectivity index (χ4v) is 3.68. The molecule has 1 aliphatic carbocycles. The zero-order valence-corrected chi connectivity index (χ0v) is 18.9. The van der Waals surface area contributed by atoms with Crippen LogP contribution in [0, 0.1) is 11.3 Å². The van der Waals surface area contributed by atoms with Crippen LogP contribution in [0.5, 0.6) is 5.88 Å². The lowest BCUT2D eigenvalue weighted by Gasteiger charge is -2.22. The van der Waals surface area contributed by atoms with Crippen LogP contribution in [0.25, 0.3) is 11.7 Å². The Labute approximate surface area is 186 Å². The Balaban J connectivity index is 0.00000272. The zero-order chi connectivity index (χ0) is 21.6. The van der Waals surface area contributed by atoms with Gasteiger partial charge >= 0.3 is 0 Å². The molecule has 1 atom stereocenters. The van der Waals surface area contributed by atoms with E-state index < -0.39 is 17.3 Å². The quantitative estimate of drug-likeness (QED) is 0.640. The molecule has 1 saturated carbocycles. The lowest BCUT2D eigenvalue weighted by molar-refractivity contribution is 0.0944. The number of ether oxygens (including phenoxy) is 1. The van der Waals surface area contributed by atoms with Crippen LogP contribution in [0.1, 0.15) is 56.0 Å². The minimum Gasteiger partial charge on any atom is -0.492 e. The minimum atomic E-state index is -0.584.